The number of hydrazine groups is 1. The minimum atomic E-state index is -2.55. The Morgan fingerprint density at radius 3 is 2.58 bits per heavy atom. The van der Waals surface area contributed by atoms with Crippen LogP contribution in [0.15, 0.2) is 24.3 Å². The number of benzene rings is 1. The molecule has 1 fully saturated rings. The van der Waals surface area contributed by atoms with E-state index in [2.05, 4.69) is 5.43 Å². The van der Waals surface area contributed by atoms with Gasteiger partial charge in [0.2, 0.25) is 5.92 Å². The summed E-state index contributed by atoms with van der Waals surface area (Å²) in [6.45, 7) is 2.52. The molecule has 2 atom stereocenters. The van der Waals surface area contributed by atoms with Gasteiger partial charge in [-0.05, 0) is 37.0 Å². The first-order chi connectivity index (χ1) is 9.05. The molecule has 3 nitrogen and oxygen atoms in total. The molecule has 0 heterocycles. The van der Waals surface area contributed by atoms with E-state index in [-0.39, 0.29) is 24.8 Å². The van der Waals surface area contributed by atoms with Crippen molar-refractivity contribution in [2.45, 2.75) is 38.2 Å². The minimum Gasteiger partial charge on any atom is -0.494 e. The third-order valence-electron chi connectivity index (χ3n) is 3.64. The summed E-state index contributed by atoms with van der Waals surface area (Å²) in [7, 11) is 0. The molecule has 106 valence electrons. The average Bonchev–Trinajstić information content (AvgIpc) is 2.73. The molecule has 1 aromatic rings. The van der Waals surface area contributed by atoms with Crippen molar-refractivity contribution in [1.29, 1.82) is 0 Å². The SMILES string of the molecule is CCOc1ccc(C(NN)C2CCC(F)(F)C2)cc1. The van der Waals surface area contributed by atoms with Gasteiger partial charge >= 0.3 is 0 Å². The summed E-state index contributed by atoms with van der Waals surface area (Å²) >= 11 is 0. The fourth-order valence-corrected chi connectivity index (χ4v) is 2.71. The molecule has 19 heavy (non-hydrogen) atoms. The third kappa shape index (κ3) is 3.42. The fraction of sp³-hybridized carbons (Fsp3) is 0.571. The number of alkyl halides is 2. The summed E-state index contributed by atoms with van der Waals surface area (Å²) < 4.78 is 31.9. The molecule has 0 aromatic heterocycles. The van der Waals surface area contributed by atoms with E-state index in [1.807, 2.05) is 31.2 Å². The molecule has 0 spiro atoms. The zero-order valence-corrected chi connectivity index (χ0v) is 11.0. The summed E-state index contributed by atoms with van der Waals surface area (Å²) in [6, 6.07) is 7.22. The van der Waals surface area contributed by atoms with Gasteiger partial charge in [-0.2, -0.15) is 0 Å². The molecule has 2 rings (SSSR count). The van der Waals surface area contributed by atoms with Crippen LogP contribution in [-0.4, -0.2) is 12.5 Å². The van der Waals surface area contributed by atoms with Crippen LogP contribution in [-0.2, 0) is 0 Å². The Morgan fingerprint density at radius 1 is 1.42 bits per heavy atom. The second-order valence-corrected chi connectivity index (χ2v) is 5.01. The van der Waals surface area contributed by atoms with Crippen LogP contribution in [0.3, 0.4) is 0 Å². The smallest absolute Gasteiger partial charge is 0.248 e. The first-order valence-corrected chi connectivity index (χ1v) is 6.62. The Balaban J connectivity index is 2.09. The fourth-order valence-electron chi connectivity index (χ4n) is 2.71. The predicted octanol–water partition coefficient (Wildman–Crippen LogP) is 3.03. The molecule has 3 N–H and O–H groups in total. The van der Waals surface area contributed by atoms with Gasteiger partial charge in [0.25, 0.3) is 0 Å². The summed E-state index contributed by atoms with van der Waals surface area (Å²) in [5.41, 5.74) is 3.60. The van der Waals surface area contributed by atoms with E-state index in [0.29, 0.717) is 13.0 Å². The van der Waals surface area contributed by atoms with Crippen LogP contribution in [0.4, 0.5) is 8.78 Å². The average molecular weight is 270 g/mol. The lowest BCUT2D eigenvalue weighted by Gasteiger charge is -2.23. The van der Waals surface area contributed by atoms with E-state index in [1.54, 1.807) is 0 Å². The Labute approximate surface area is 112 Å². The topological polar surface area (TPSA) is 47.3 Å². The third-order valence-corrected chi connectivity index (χ3v) is 3.64. The predicted molar refractivity (Wildman–Crippen MR) is 70.0 cm³/mol. The lowest BCUT2D eigenvalue weighted by molar-refractivity contribution is 0.00327. The van der Waals surface area contributed by atoms with E-state index in [9.17, 15) is 8.78 Å². The number of nitrogens with two attached hydrogens (primary N) is 1. The van der Waals surface area contributed by atoms with Crippen molar-refractivity contribution in [1.82, 2.24) is 5.43 Å². The number of hydrogen-bond acceptors (Lipinski definition) is 3. The maximum atomic E-state index is 13.3. The normalized spacial score (nSPS) is 23.3. The Hall–Kier alpha value is -1.20. The van der Waals surface area contributed by atoms with Gasteiger partial charge < -0.3 is 4.74 Å². The van der Waals surface area contributed by atoms with Crippen molar-refractivity contribution in [2.75, 3.05) is 6.61 Å². The van der Waals surface area contributed by atoms with Crippen molar-refractivity contribution in [3.63, 3.8) is 0 Å². The number of rotatable bonds is 5. The number of nitrogens with one attached hydrogen (secondary N) is 1. The van der Waals surface area contributed by atoms with Crippen LogP contribution in [0.25, 0.3) is 0 Å². The lowest BCUT2D eigenvalue weighted by Crippen LogP contribution is -2.33. The molecule has 5 heteroatoms. The molecule has 0 aliphatic heterocycles. The molecule has 0 saturated heterocycles. The van der Waals surface area contributed by atoms with E-state index in [4.69, 9.17) is 10.6 Å². The minimum absolute atomic E-state index is 0.0487. The largest absolute Gasteiger partial charge is 0.494 e. The highest BCUT2D eigenvalue weighted by Crippen LogP contribution is 2.44. The summed E-state index contributed by atoms with van der Waals surface area (Å²) in [5, 5.41) is 0. The molecule has 1 aromatic carbocycles. The van der Waals surface area contributed by atoms with Crippen LogP contribution < -0.4 is 16.0 Å². The molecule has 2 unspecified atom stereocenters. The highest BCUT2D eigenvalue weighted by Gasteiger charge is 2.42. The molecule has 0 radical (unpaired) electrons. The maximum Gasteiger partial charge on any atom is 0.248 e. The molecular weight excluding hydrogens is 250 g/mol. The van der Waals surface area contributed by atoms with Crippen LogP contribution in [0, 0.1) is 5.92 Å². The molecule has 1 aliphatic rings. The van der Waals surface area contributed by atoms with Gasteiger partial charge in [0.05, 0.1) is 6.61 Å². The first-order valence-electron chi connectivity index (χ1n) is 6.62. The Bertz CT molecular complexity index is 408. The zero-order chi connectivity index (χ0) is 13.9. The van der Waals surface area contributed by atoms with Gasteiger partial charge in [-0.1, -0.05) is 12.1 Å². The second-order valence-electron chi connectivity index (χ2n) is 5.01. The van der Waals surface area contributed by atoms with Gasteiger partial charge in [-0.15, -0.1) is 0 Å². The van der Waals surface area contributed by atoms with E-state index < -0.39 is 5.92 Å². The summed E-state index contributed by atoms with van der Waals surface area (Å²) in [6.07, 6.45) is 0.344. The molecule has 0 bridgehead atoms. The first kappa shape index (κ1) is 14.2. The Kier molecular flexibility index (Phi) is 4.37. The standard InChI is InChI=1S/C14H20F2N2O/c1-2-19-12-5-3-10(4-6-12)13(18-17)11-7-8-14(15,16)9-11/h3-6,11,13,18H,2,7-9,17H2,1H3. The van der Waals surface area contributed by atoms with Crippen molar-refractivity contribution < 1.29 is 13.5 Å². The highest BCUT2D eigenvalue weighted by molar-refractivity contribution is 5.29. The van der Waals surface area contributed by atoms with E-state index in [0.717, 1.165) is 11.3 Å². The lowest BCUT2D eigenvalue weighted by atomic mass is 9.92. The van der Waals surface area contributed by atoms with E-state index in [1.165, 1.54) is 0 Å². The molecule has 1 aliphatic carbocycles. The van der Waals surface area contributed by atoms with Crippen molar-refractivity contribution >= 4 is 0 Å². The molecule has 0 amide bonds. The zero-order valence-electron chi connectivity index (χ0n) is 11.0. The van der Waals surface area contributed by atoms with Crippen molar-refractivity contribution in [3.05, 3.63) is 29.8 Å². The number of halogens is 2. The van der Waals surface area contributed by atoms with Gasteiger partial charge in [0, 0.05) is 18.9 Å². The maximum absolute atomic E-state index is 13.3. The molecular formula is C14H20F2N2O. The van der Waals surface area contributed by atoms with Gasteiger partial charge in [-0.25, -0.2) is 8.78 Å². The van der Waals surface area contributed by atoms with Crippen LogP contribution in [0.5, 0.6) is 5.75 Å². The monoisotopic (exact) mass is 270 g/mol. The molecule has 1 saturated carbocycles. The van der Waals surface area contributed by atoms with Gasteiger partial charge in [0.15, 0.2) is 0 Å². The quantitative estimate of drug-likeness (QED) is 0.638. The van der Waals surface area contributed by atoms with Gasteiger partial charge in [-0.3, -0.25) is 11.3 Å². The Morgan fingerprint density at radius 2 is 2.11 bits per heavy atom. The van der Waals surface area contributed by atoms with Crippen molar-refractivity contribution in [3.8, 4) is 5.75 Å². The highest BCUT2D eigenvalue weighted by atomic mass is 19.3. The summed E-state index contributed by atoms with van der Waals surface area (Å²) in [5.74, 6) is 3.64. The van der Waals surface area contributed by atoms with Crippen molar-refractivity contribution in [2.24, 2.45) is 11.8 Å². The van der Waals surface area contributed by atoms with E-state index >= 15 is 0 Å². The summed E-state index contributed by atoms with van der Waals surface area (Å²) in [4.78, 5) is 0. The second kappa shape index (κ2) is 5.84. The van der Waals surface area contributed by atoms with Crippen LogP contribution >= 0.6 is 0 Å². The van der Waals surface area contributed by atoms with Crippen LogP contribution in [0.1, 0.15) is 37.8 Å². The van der Waals surface area contributed by atoms with Crippen LogP contribution in [0.2, 0.25) is 0 Å². The van der Waals surface area contributed by atoms with Gasteiger partial charge in [0.1, 0.15) is 5.75 Å². The number of ether oxygens (including phenoxy) is 1. The number of hydrogen-bond donors (Lipinski definition) is 2.